The molecule has 7 heteroatoms. The van der Waals surface area contributed by atoms with Gasteiger partial charge in [0.1, 0.15) is 0 Å². The highest BCUT2D eigenvalue weighted by molar-refractivity contribution is 5.92. The van der Waals surface area contributed by atoms with Crippen molar-refractivity contribution in [3.8, 4) is 0 Å². The largest absolute Gasteiger partial charge is 0.368 e. The van der Waals surface area contributed by atoms with Crippen LogP contribution in [0.15, 0.2) is 48.5 Å². The first-order chi connectivity index (χ1) is 14.5. The Bertz CT molecular complexity index is 828. The summed E-state index contributed by atoms with van der Waals surface area (Å²) in [4.78, 5) is 28.5. The van der Waals surface area contributed by atoms with Crippen molar-refractivity contribution in [2.45, 2.75) is 20.3 Å². The number of benzene rings is 2. The van der Waals surface area contributed by atoms with Crippen molar-refractivity contribution in [3.05, 3.63) is 54.1 Å². The Balaban J connectivity index is 1.45. The Labute approximate surface area is 178 Å². The summed E-state index contributed by atoms with van der Waals surface area (Å²) in [5.41, 5.74) is 3.87. The second-order valence-electron chi connectivity index (χ2n) is 7.54. The predicted octanol–water partition coefficient (Wildman–Crippen LogP) is 3.29. The molecule has 2 aromatic rings. The quantitative estimate of drug-likeness (QED) is 0.614. The van der Waals surface area contributed by atoms with Crippen molar-refractivity contribution in [3.63, 3.8) is 0 Å². The van der Waals surface area contributed by atoms with E-state index in [1.807, 2.05) is 60.4 Å². The van der Waals surface area contributed by atoms with Crippen LogP contribution in [0, 0.1) is 6.92 Å². The Morgan fingerprint density at radius 2 is 1.47 bits per heavy atom. The van der Waals surface area contributed by atoms with Gasteiger partial charge in [-0.05, 0) is 56.3 Å². The number of aryl methyl sites for hydroxylation is 1. The van der Waals surface area contributed by atoms with Gasteiger partial charge in [0.25, 0.3) is 0 Å². The van der Waals surface area contributed by atoms with Gasteiger partial charge in [-0.25, -0.2) is 4.79 Å². The maximum Gasteiger partial charge on any atom is 0.321 e. The highest BCUT2D eigenvalue weighted by Gasteiger charge is 2.21. The van der Waals surface area contributed by atoms with Crippen molar-refractivity contribution in [2.24, 2.45) is 0 Å². The molecule has 30 heavy (non-hydrogen) atoms. The van der Waals surface area contributed by atoms with Crippen LogP contribution in [0.2, 0.25) is 0 Å². The van der Waals surface area contributed by atoms with Crippen molar-refractivity contribution in [1.82, 2.24) is 10.2 Å². The number of hydrogen-bond acceptors (Lipinski definition) is 4. The predicted molar refractivity (Wildman–Crippen MR) is 122 cm³/mol. The zero-order chi connectivity index (χ0) is 21.3. The smallest absolute Gasteiger partial charge is 0.321 e. The monoisotopic (exact) mass is 409 g/mol. The number of piperazine rings is 1. The van der Waals surface area contributed by atoms with E-state index in [1.165, 1.54) is 5.56 Å². The molecular weight excluding hydrogens is 378 g/mol. The fourth-order valence-corrected chi connectivity index (χ4v) is 3.35. The molecule has 1 heterocycles. The third-order valence-corrected chi connectivity index (χ3v) is 5.10. The normalized spacial score (nSPS) is 13.8. The molecule has 2 aromatic carbocycles. The highest BCUT2D eigenvalue weighted by atomic mass is 16.2. The van der Waals surface area contributed by atoms with E-state index in [4.69, 9.17) is 0 Å². The fraction of sp³-hybridized carbons (Fsp3) is 0.391. The van der Waals surface area contributed by atoms with E-state index < -0.39 is 0 Å². The van der Waals surface area contributed by atoms with Crippen molar-refractivity contribution in [2.75, 3.05) is 54.8 Å². The second-order valence-corrected chi connectivity index (χ2v) is 7.54. The SMILES string of the molecule is CCCNCC(=O)Nc1ccc(N2CCN(C(=O)Nc3ccc(C)cc3)CC2)cc1. The number of urea groups is 1. The summed E-state index contributed by atoms with van der Waals surface area (Å²) in [6.45, 7) is 8.13. The molecule has 3 rings (SSSR count). The Hall–Kier alpha value is -3.06. The molecule has 1 saturated heterocycles. The molecule has 0 atom stereocenters. The number of amides is 3. The molecule has 160 valence electrons. The maximum atomic E-state index is 12.5. The summed E-state index contributed by atoms with van der Waals surface area (Å²) in [5, 5.41) is 8.95. The lowest BCUT2D eigenvalue weighted by Gasteiger charge is -2.36. The van der Waals surface area contributed by atoms with Crippen LogP contribution >= 0.6 is 0 Å². The van der Waals surface area contributed by atoms with Crippen LogP contribution in [0.1, 0.15) is 18.9 Å². The average molecular weight is 410 g/mol. The van der Waals surface area contributed by atoms with Gasteiger partial charge in [-0.1, -0.05) is 24.6 Å². The average Bonchev–Trinajstić information content (AvgIpc) is 2.76. The maximum absolute atomic E-state index is 12.5. The van der Waals surface area contributed by atoms with Gasteiger partial charge >= 0.3 is 6.03 Å². The van der Waals surface area contributed by atoms with E-state index in [9.17, 15) is 9.59 Å². The molecule has 0 bridgehead atoms. The van der Waals surface area contributed by atoms with Crippen LogP contribution in [0.4, 0.5) is 21.9 Å². The molecule has 1 aliphatic heterocycles. The van der Waals surface area contributed by atoms with E-state index in [-0.39, 0.29) is 11.9 Å². The summed E-state index contributed by atoms with van der Waals surface area (Å²) >= 11 is 0. The lowest BCUT2D eigenvalue weighted by molar-refractivity contribution is -0.115. The highest BCUT2D eigenvalue weighted by Crippen LogP contribution is 2.20. The number of carbonyl (C=O) groups excluding carboxylic acids is 2. The fourth-order valence-electron chi connectivity index (χ4n) is 3.35. The first-order valence-corrected chi connectivity index (χ1v) is 10.5. The number of nitrogens with zero attached hydrogens (tertiary/aromatic N) is 2. The van der Waals surface area contributed by atoms with E-state index >= 15 is 0 Å². The van der Waals surface area contributed by atoms with E-state index in [2.05, 4.69) is 27.8 Å². The van der Waals surface area contributed by atoms with E-state index in [1.54, 1.807) is 0 Å². The molecule has 0 aliphatic carbocycles. The van der Waals surface area contributed by atoms with Crippen molar-refractivity contribution in [1.29, 1.82) is 0 Å². The van der Waals surface area contributed by atoms with Gasteiger partial charge in [0.2, 0.25) is 5.91 Å². The van der Waals surface area contributed by atoms with Crippen LogP contribution in [-0.2, 0) is 4.79 Å². The number of rotatable bonds is 7. The third-order valence-electron chi connectivity index (χ3n) is 5.10. The van der Waals surface area contributed by atoms with Gasteiger partial charge < -0.3 is 25.8 Å². The molecule has 0 saturated carbocycles. The van der Waals surface area contributed by atoms with Gasteiger partial charge in [0, 0.05) is 43.2 Å². The van der Waals surface area contributed by atoms with E-state index in [0.29, 0.717) is 19.6 Å². The Morgan fingerprint density at radius 1 is 0.867 bits per heavy atom. The zero-order valence-electron chi connectivity index (χ0n) is 17.8. The van der Waals surface area contributed by atoms with Gasteiger partial charge in [-0.2, -0.15) is 0 Å². The summed E-state index contributed by atoms with van der Waals surface area (Å²) in [7, 11) is 0. The standard InChI is InChI=1S/C23H31N5O2/c1-3-12-24-17-22(29)25-19-8-10-21(11-9-19)27-13-15-28(16-14-27)23(30)26-20-6-4-18(2)5-7-20/h4-11,24H,3,12-17H2,1-2H3,(H,25,29)(H,26,30). The first-order valence-electron chi connectivity index (χ1n) is 10.5. The van der Waals surface area contributed by atoms with Gasteiger partial charge in [-0.3, -0.25) is 4.79 Å². The third kappa shape index (κ3) is 6.22. The topological polar surface area (TPSA) is 76.7 Å². The first kappa shape index (κ1) is 21.6. The van der Waals surface area contributed by atoms with Gasteiger partial charge in [0.15, 0.2) is 0 Å². The lowest BCUT2D eigenvalue weighted by atomic mass is 10.2. The summed E-state index contributed by atoms with van der Waals surface area (Å²) in [6, 6.07) is 15.6. The van der Waals surface area contributed by atoms with E-state index in [0.717, 1.165) is 43.1 Å². The van der Waals surface area contributed by atoms with Crippen LogP contribution in [0.25, 0.3) is 0 Å². The second kappa shape index (κ2) is 10.6. The molecule has 0 spiro atoms. The molecule has 3 amide bonds. The van der Waals surface area contributed by atoms with Gasteiger partial charge in [-0.15, -0.1) is 0 Å². The van der Waals surface area contributed by atoms with Crippen molar-refractivity contribution >= 4 is 29.0 Å². The minimum atomic E-state index is -0.0618. The molecule has 3 N–H and O–H groups in total. The summed E-state index contributed by atoms with van der Waals surface area (Å²) in [5.74, 6) is -0.0376. The molecule has 1 aliphatic rings. The minimum Gasteiger partial charge on any atom is -0.368 e. The molecule has 7 nitrogen and oxygen atoms in total. The van der Waals surface area contributed by atoms with Gasteiger partial charge in [0.05, 0.1) is 6.54 Å². The van der Waals surface area contributed by atoms with Crippen LogP contribution < -0.4 is 20.9 Å². The molecule has 0 aromatic heterocycles. The number of hydrogen-bond donors (Lipinski definition) is 3. The van der Waals surface area contributed by atoms with Crippen LogP contribution in [0.3, 0.4) is 0 Å². The molecule has 0 radical (unpaired) electrons. The Morgan fingerprint density at radius 3 is 2.10 bits per heavy atom. The number of anilines is 3. The lowest BCUT2D eigenvalue weighted by Crippen LogP contribution is -2.50. The summed E-state index contributed by atoms with van der Waals surface area (Å²) in [6.07, 6.45) is 1.00. The molecule has 1 fully saturated rings. The molecule has 0 unspecified atom stereocenters. The minimum absolute atomic E-state index is 0.0376. The van der Waals surface area contributed by atoms with Crippen LogP contribution in [-0.4, -0.2) is 56.1 Å². The number of carbonyl (C=O) groups is 2. The number of nitrogens with one attached hydrogen (secondary N) is 3. The van der Waals surface area contributed by atoms with Crippen LogP contribution in [0.5, 0.6) is 0 Å². The summed E-state index contributed by atoms with van der Waals surface area (Å²) < 4.78 is 0. The molecular formula is C23H31N5O2. The van der Waals surface area contributed by atoms with Crippen molar-refractivity contribution < 1.29 is 9.59 Å². The Kier molecular flexibility index (Phi) is 7.68. The zero-order valence-corrected chi connectivity index (χ0v) is 17.8.